The molecule has 5 rings (SSSR count). The number of nitrogen functional groups attached to an aromatic ring is 1. The number of carbonyl (C=O) groups is 2. The minimum atomic E-state index is -0.268. The molecule has 1 atom stereocenters. The molecule has 2 aromatic heterocycles. The normalized spacial score (nSPS) is 15.3. The number of amides is 1. The molecule has 0 aliphatic heterocycles. The van der Waals surface area contributed by atoms with E-state index in [1.54, 1.807) is 30.3 Å². The number of anilines is 2. The second-order valence-corrected chi connectivity index (χ2v) is 11.2. The van der Waals surface area contributed by atoms with Crippen molar-refractivity contribution in [3.8, 4) is 0 Å². The molecule has 0 saturated heterocycles. The van der Waals surface area contributed by atoms with Crippen LogP contribution < -0.4 is 11.1 Å². The zero-order valence-corrected chi connectivity index (χ0v) is 22.2. The Morgan fingerprint density at radius 3 is 2.54 bits per heavy atom. The number of carbonyl (C=O) groups excluding carboxylic acids is 2. The SMILES string of the molecule is CC(C)c1ccc(/C=C/C(=O)c2ccc(NC(=O)c3sc4nc5c(cc4c3N)C[C@H](C)CC5)cc2)cc1. The molecule has 0 saturated carbocycles. The van der Waals surface area contributed by atoms with Crippen LogP contribution >= 0.6 is 11.3 Å². The fourth-order valence-electron chi connectivity index (χ4n) is 4.71. The Kier molecular flexibility index (Phi) is 6.94. The Morgan fingerprint density at radius 1 is 1.11 bits per heavy atom. The second-order valence-electron chi connectivity index (χ2n) is 10.2. The summed E-state index contributed by atoms with van der Waals surface area (Å²) in [6, 6.07) is 17.2. The molecule has 0 bridgehead atoms. The fraction of sp³-hybridized carbons (Fsp3) is 0.258. The molecule has 0 unspecified atom stereocenters. The van der Waals surface area contributed by atoms with Crippen molar-refractivity contribution in [2.45, 2.75) is 46.0 Å². The molecule has 5 nitrogen and oxygen atoms in total. The summed E-state index contributed by atoms with van der Waals surface area (Å²) in [6.45, 7) is 6.56. The Labute approximate surface area is 221 Å². The third kappa shape index (κ3) is 5.35. The first-order valence-corrected chi connectivity index (χ1v) is 13.5. The van der Waals surface area contributed by atoms with Gasteiger partial charge >= 0.3 is 0 Å². The molecule has 1 aliphatic carbocycles. The number of ketones is 1. The molecule has 188 valence electrons. The zero-order chi connectivity index (χ0) is 26.1. The third-order valence-corrected chi connectivity index (χ3v) is 8.11. The van der Waals surface area contributed by atoms with Crippen LogP contribution in [0, 0.1) is 5.92 Å². The predicted octanol–water partition coefficient (Wildman–Crippen LogP) is 7.28. The lowest BCUT2D eigenvalue weighted by Gasteiger charge is -2.20. The number of aromatic nitrogens is 1. The first kappa shape index (κ1) is 24.9. The number of rotatable bonds is 6. The molecule has 6 heteroatoms. The quantitative estimate of drug-likeness (QED) is 0.211. The lowest BCUT2D eigenvalue weighted by atomic mass is 9.87. The highest BCUT2D eigenvalue weighted by atomic mass is 32.1. The molecule has 4 aromatic rings. The van der Waals surface area contributed by atoms with Crippen LogP contribution in [0.25, 0.3) is 16.3 Å². The molecule has 2 aromatic carbocycles. The molecule has 1 aliphatic rings. The Hall–Kier alpha value is -3.77. The number of nitrogens with zero attached hydrogens (tertiary/aromatic N) is 1. The van der Waals surface area contributed by atoms with E-state index in [4.69, 9.17) is 10.7 Å². The summed E-state index contributed by atoms with van der Waals surface area (Å²) in [7, 11) is 0. The minimum absolute atomic E-state index is 0.0936. The number of pyridine rings is 1. The number of thiophene rings is 1. The van der Waals surface area contributed by atoms with Crippen LogP contribution in [0.1, 0.15) is 75.5 Å². The Balaban J connectivity index is 1.27. The number of hydrogen-bond donors (Lipinski definition) is 2. The van der Waals surface area contributed by atoms with E-state index >= 15 is 0 Å². The molecular formula is C31H31N3O2S. The third-order valence-electron chi connectivity index (χ3n) is 7.00. The Bertz CT molecular complexity index is 1500. The topological polar surface area (TPSA) is 85.1 Å². The van der Waals surface area contributed by atoms with Gasteiger partial charge in [-0.25, -0.2) is 4.98 Å². The standard InChI is InChI=1S/C31H31N3O2S/c1-18(2)21-8-5-20(6-9-21)7-15-27(35)22-10-12-24(13-11-22)33-30(36)29-28(32)25-17-23-16-19(3)4-14-26(23)34-31(25)37-29/h5-13,15,17-19H,4,14,16,32H2,1-3H3,(H,33,36)/b15-7+/t19-/m1/s1. The van der Waals surface area contributed by atoms with Crippen molar-refractivity contribution < 1.29 is 9.59 Å². The summed E-state index contributed by atoms with van der Waals surface area (Å²) in [4.78, 5) is 31.7. The average Bonchev–Trinajstić information content (AvgIpc) is 3.22. The summed E-state index contributed by atoms with van der Waals surface area (Å²) in [5.41, 5.74) is 12.6. The Morgan fingerprint density at radius 2 is 1.84 bits per heavy atom. The molecule has 3 N–H and O–H groups in total. The van der Waals surface area contributed by atoms with Crippen molar-refractivity contribution in [3.05, 3.63) is 93.5 Å². The van der Waals surface area contributed by atoms with E-state index in [-0.39, 0.29) is 11.7 Å². The van der Waals surface area contributed by atoms with Gasteiger partial charge in [0.05, 0.1) is 5.69 Å². The largest absolute Gasteiger partial charge is 0.397 e. The van der Waals surface area contributed by atoms with Gasteiger partial charge in [-0.1, -0.05) is 51.1 Å². The molecular weight excluding hydrogens is 478 g/mol. The average molecular weight is 510 g/mol. The van der Waals surface area contributed by atoms with Gasteiger partial charge in [0.2, 0.25) is 0 Å². The highest BCUT2D eigenvalue weighted by Gasteiger charge is 2.22. The fourth-order valence-corrected chi connectivity index (χ4v) is 5.70. The van der Waals surface area contributed by atoms with Gasteiger partial charge in [0.15, 0.2) is 5.78 Å². The van der Waals surface area contributed by atoms with Crippen LogP contribution in [0.5, 0.6) is 0 Å². The van der Waals surface area contributed by atoms with Crippen LogP contribution in [0.15, 0.2) is 60.7 Å². The van der Waals surface area contributed by atoms with Crippen molar-refractivity contribution in [1.82, 2.24) is 4.98 Å². The second kappa shape index (κ2) is 10.3. The van der Waals surface area contributed by atoms with Crippen LogP contribution in [-0.4, -0.2) is 16.7 Å². The van der Waals surface area contributed by atoms with Gasteiger partial charge in [0, 0.05) is 22.3 Å². The van der Waals surface area contributed by atoms with Gasteiger partial charge < -0.3 is 11.1 Å². The van der Waals surface area contributed by atoms with Crippen LogP contribution in [-0.2, 0) is 12.8 Å². The highest BCUT2D eigenvalue weighted by molar-refractivity contribution is 7.21. The number of benzene rings is 2. The number of fused-ring (bicyclic) bond motifs is 2. The van der Waals surface area contributed by atoms with Gasteiger partial charge in [0.1, 0.15) is 9.71 Å². The predicted molar refractivity (Wildman–Crippen MR) is 154 cm³/mol. The number of allylic oxidation sites excluding steroid dienone is 1. The van der Waals surface area contributed by atoms with Crippen LogP contribution in [0.4, 0.5) is 11.4 Å². The monoisotopic (exact) mass is 509 g/mol. The van der Waals surface area contributed by atoms with E-state index in [9.17, 15) is 9.59 Å². The first-order chi connectivity index (χ1) is 17.8. The van der Waals surface area contributed by atoms with Crippen molar-refractivity contribution in [3.63, 3.8) is 0 Å². The highest BCUT2D eigenvalue weighted by Crippen LogP contribution is 2.36. The van der Waals surface area contributed by atoms with E-state index < -0.39 is 0 Å². The first-order valence-electron chi connectivity index (χ1n) is 12.7. The number of nitrogens with one attached hydrogen (secondary N) is 1. The van der Waals surface area contributed by atoms with Crippen molar-refractivity contribution >= 4 is 50.7 Å². The molecule has 0 fully saturated rings. The van der Waals surface area contributed by atoms with Crippen molar-refractivity contribution in [1.29, 1.82) is 0 Å². The number of aryl methyl sites for hydroxylation is 1. The van der Waals surface area contributed by atoms with Gasteiger partial charge in [-0.3, -0.25) is 9.59 Å². The number of hydrogen-bond acceptors (Lipinski definition) is 5. The maximum Gasteiger partial charge on any atom is 0.267 e. The lowest BCUT2D eigenvalue weighted by Crippen LogP contribution is -2.13. The minimum Gasteiger partial charge on any atom is -0.397 e. The van der Waals surface area contributed by atoms with Gasteiger partial charge in [-0.15, -0.1) is 11.3 Å². The van der Waals surface area contributed by atoms with Crippen LogP contribution in [0.2, 0.25) is 0 Å². The maximum absolute atomic E-state index is 13.0. The van der Waals surface area contributed by atoms with E-state index in [1.165, 1.54) is 22.5 Å². The molecule has 1 amide bonds. The number of nitrogens with two attached hydrogens (primary N) is 1. The molecule has 37 heavy (non-hydrogen) atoms. The van der Waals surface area contributed by atoms with Crippen molar-refractivity contribution in [2.24, 2.45) is 5.92 Å². The molecule has 0 radical (unpaired) electrons. The maximum atomic E-state index is 13.0. The van der Waals surface area contributed by atoms with Crippen LogP contribution in [0.3, 0.4) is 0 Å². The smallest absolute Gasteiger partial charge is 0.267 e. The van der Waals surface area contributed by atoms with Crippen molar-refractivity contribution in [2.75, 3.05) is 11.1 Å². The summed E-state index contributed by atoms with van der Waals surface area (Å²) >= 11 is 1.33. The van der Waals surface area contributed by atoms with Gasteiger partial charge in [0.25, 0.3) is 5.91 Å². The van der Waals surface area contributed by atoms with E-state index in [2.05, 4.69) is 44.3 Å². The van der Waals surface area contributed by atoms with E-state index in [1.807, 2.05) is 18.2 Å². The van der Waals surface area contributed by atoms with Gasteiger partial charge in [-0.2, -0.15) is 0 Å². The molecule has 0 spiro atoms. The summed E-state index contributed by atoms with van der Waals surface area (Å²) in [6.07, 6.45) is 6.50. The molecule has 2 heterocycles. The zero-order valence-electron chi connectivity index (χ0n) is 21.4. The van der Waals surface area contributed by atoms with E-state index in [0.29, 0.717) is 33.7 Å². The summed E-state index contributed by atoms with van der Waals surface area (Å²) in [5.74, 6) is 0.746. The van der Waals surface area contributed by atoms with E-state index in [0.717, 1.165) is 40.7 Å². The lowest BCUT2D eigenvalue weighted by molar-refractivity contribution is 0.102. The summed E-state index contributed by atoms with van der Waals surface area (Å²) in [5, 5.41) is 3.77. The summed E-state index contributed by atoms with van der Waals surface area (Å²) < 4.78 is 0. The van der Waals surface area contributed by atoms with Gasteiger partial charge in [-0.05, 0) is 84.2 Å².